The van der Waals surface area contributed by atoms with Crippen LogP contribution in [0.3, 0.4) is 0 Å². The van der Waals surface area contributed by atoms with Crippen molar-refractivity contribution in [3.05, 3.63) is 0 Å². The number of rotatable bonds is 1. The number of carbonyl (C=O) groups is 2. The fourth-order valence-corrected chi connectivity index (χ4v) is 0.841. The molecule has 2 atom stereocenters. The van der Waals surface area contributed by atoms with Crippen molar-refractivity contribution in [3.8, 4) is 0 Å². The van der Waals surface area contributed by atoms with Gasteiger partial charge in [0.15, 0.2) is 12.4 Å². The number of esters is 1. The van der Waals surface area contributed by atoms with Crippen LogP contribution < -0.4 is 0 Å². The van der Waals surface area contributed by atoms with E-state index in [-0.39, 0.29) is 11.9 Å². The molecule has 1 heterocycles. The predicted octanol–water partition coefficient (Wildman–Crippen LogP) is 0.137. The van der Waals surface area contributed by atoms with Crippen LogP contribution in [-0.4, -0.2) is 18.4 Å². The van der Waals surface area contributed by atoms with Gasteiger partial charge in [0.25, 0.3) is 0 Å². The van der Waals surface area contributed by atoms with Gasteiger partial charge in [-0.1, -0.05) is 6.92 Å². The van der Waals surface area contributed by atoms with Crippen LogP contribution in [0.4, 0.5) is 0 Å². The van der Waals surface area contributed by atoms with Crippen LogP contribution in [0.15, 0.2) is 0 Å². The third-order valence-electron chi connectivity index (χ3n) is 1.41. The van der Waals surface area contributed by atoms with Crippen LogP contribution in [0.5, 0.6) is 0 Å². The Labute approximate surface area is 53.0 Å². The summed E-state index contributed by atoms with van der Waals surface area (Å²) in [5.41, 5.74) is 0. The molecule has 0 aliphatic carbocycles. The Kier molecular flexibility index (Phi) is 1.51. The largest absolute Gasteiger partial charge is 0.454 e. The zero-order valence-electron chi connectivity index (χ0n) is 5.16. The summed E-state index contributed by atoms with van der Waals surface area (Å²) in [6, 6.07) is 0. The van der Waals surface area contributed by atoms with Crippen molar-refractivity contribution >= 4 is 12.3 Å². The Hall–Kier alpha value is -0.860. The van der Waals surface area contributed by atoms with Gasteiger partial charge in [-0.2, -0.15) is 0 Å². The maximum Gasteiger partial charge on any atom is 0.309 e. The highest BCUT2D eigenvalue weighted by Crippen LogP contribution is 2.18. The first-order chi connectivity index (χ1) is 4.24. The molecule has 1 aliphatic heterocycles. The third-order valence-corrected chi connectivity index (χ3v) is 1.41. The van der Waals surface area contributed by atoms with Crippen LogP contribution in [0.1, 0.15) is 13.3 Å². The van der Waals surface area contributed by atoms with Crippen molar-refractivity contribution in [1.29, 1.82) is 0 Å². The number of hydrogen-bond donors (Lipinski definition) is 0. The summed E-state index contributed by atoms with van der Waals surface area (Å²) < 4.78 is 4.62. The maximum atomic E-state index is 10.6. The monoisotopic (exact) mass is 128 g/mol. The van der Waals surface area contributed by atoms with E-state index in [0.29, 0.717) is 12.7 Å². The molecule has 0 bridgehead atoms. The zero-order valence-corrected chi connectivity index (χ0v) is 5.16. The van der Waals surface area contributed by atoms with E-state index in [1.807, 2.05) is 0 Å². The quantitative estimate of drug-likeness (QED) is 0.372. The first kappa shape index (κ1) is 6.26. The van der Waals surface area contributed by atoms with E-state index < -0.39 is 6.10 Å². The van der Waals surface area contributed by atoms with Crippen LogP contribution in [0.25, 0.3) is 0 Å². The molecule has 0 N–H and O–H groups in total. The van der Waals surface area contributed by atoms with E-state index in [9.17, 15) is 9.59 Å². The van der Waals surface area contributed by atoms with Gasteiger partial charge in [0.05, 0.1) is 5.92 Å². The minimum Gasteiger partial charge on any atom is -0.454 e. The van der Waals surface area contributed by atoms with Gasteiger partial charge in [-0.3, -0.25) is 9.59 Å². The minimum absolute atomic E-state index is 0.0970. The molecular formula is C6H8O3. The van der Waals surface area contributed by atoms with Gasteiger partial charge in [0.2, 0.25) is 0 Å². The van der Waals surface area contributed by atoms with E-state index in [1.165, 1.54) is 0 Å². The lowest BCUT2D eigenvalue weighted by Gasteiger charge is -1.94. The molecule has 0 aromatic carbocycles. The summed E-state index contributed by atoms with van der Waals surface area (Å²) in [4.78, 5) is 20.6. The molecule has 1 saturated heterocycles. The Morgan fingerprint density at radius 1 is 1.78 bits per heavy atom. The highest BCUT2D eigenvalue weighted by atomic mass is 16.6. The second-order valence-electron chi connectivity index (χ2n) is 2.25. The topological polar surface area (TPSA) is 43.4 Å². The van der Waals surface area contributed by atoms with Gasteiger partial charge in [-0.25, -0.2) is 0 Å². The third kappa shape index (κ3) is 1.09. The molecule has 0 amide bonds. The smallest absolute Gasteiger partial charge is 0.309 e. The zero-order chi connectivity index (χ0) is 6.85. The molecule has 3 heteroatoms. The minimum atomic E-state index is -0.479. The van der Waals surface area contributed by atoms with Gasteiger partial charge in [-0.15, -0.1) is 0 Å². The van der Waals surface area contributed by atoms with Crippen molar-refractivity contribution in [2.75, 3.05) is 0 Å². The predicted molar refractivity (Wildman–Crippen MR) is 29.7 cm³/mol. The maximum absolute atomic E-state index is 10.6. The molecule has 0 radical (unpaired) electrons. The summed E-state index contributed by atoms with van der Waals surface area (Å²) in [5.74, 6) is -0.354. The first-order valence-corrected chi connectivity index (χ1v) is 2.90. The Bertz CT molecular complexity index is 141. The fraction of sp³-hybridized carbons (Fsp3) is 0.667. The summed E-state index contributed by atoms with van der Waals surface area (Å²) in [5, 5.41) is 0. The average Bonchev–Trinajstić information content (AvgIpc) is 2.13. The molecule has 1 fully saturated rings. The molecule has 1 aliphatic rings. The lowest BCUT2D eigenvalue weighted by molar-refractivity contribution is -0.146. The van der Waals surface area contributed by atoms with Gasteiger partial charge in [0, 0.05) is 6.42 Å². The average molecular weight is 128 g/mol. The lowest BCUT2D eigenvalue weighted by Crippen LogP contribution is -2.06. The first-order valence-electron chi connectivity index (χ1n) is 2.90. The summed E-state index contributed by atoms with van der Waals surface area (Å²) >= 11 is 0. The molecule has 0 spiro atoms. The fourth-order valence-electron chi connectivity index (χ4n) is 0.841. The Morgan fingerprint density at radius 2 is 2.44 bits per heavy atom. The standard InChI is InChI=1S/C6H8O3/c1-4-2-5(3-7)9-6(4)8/h3-5H,2H2,1H3/t4-,5-/m0/s1. The van der Waals surface area contributed by atoms with E-state index in [1.54, 1.807) is 6.92 Å². The number of hydrogen-bond acceptors (Lipinski definition) is 3. The van der Waals surface area contributed by atoms with Crippen LogP contribution in [-0.2, 0) is 14.3 Å². The van der Waals surface area contributed by atoms with E-state index in [0.717, 1.165) is 0 Å². The van der Waals surface area contributed by atoms with Crippen LogP contribution in [0, 0.1) is 5.92 Å². The molecule has 50 valence electrons. The second-order valence-corrected chi connectivity index (χ2v) is 2.25. The van der Waals surface area contributed by atoms with Crippen molar-refractivity contribution in [2.24, 2.45) is 5.92 Å². The van der Waals surface area contributed by atoms with Crippen molar-refractivity contribution in [1.82, 2.24) is 0 Å². The molecule has 1 rings (SSSR count). The van der Waals surface area contributed by atoms with Gasteiger partial charge < -0.3 is 4.74 Å². The Morgan fingerprint density at radius 3 is 2.67 bits per heavy atom. The van der Waals surface area contributed by atoms with Crippen molar-refractivity contribution < 1.29 is 14.3 Å². The number of ether oxygens (including phenoxy) is 1. The highest BCUT2D eigenvalue weighted by molar-refractivity contribution is 5.78. The number of aldehydes is 1. The molecule has 0 aromatic rings. The molecule has 3 nitrogen and oxygen atoms in total. The molecule has 9 heavy (non-hydrogen) atoms. The molecular weight excluding hydrogens is 120 g/mol. The van der Waals surface area contributed by atoms with Gasteiger partial charge in [0.1, 0.15) is 0 Å². The summed E-state index contributed by atoms with van der Waals surface area (Å²) in [6.45, 7) is 1.76. The Balaban J connectivity index is 2.53. The molecule has 0 aromatic heterocycles. The van der Waals surface area contributed by atoms with Gasteiger partial charge >= 0.3 is 5.97 Å². The normalized spacial score (nSPS) is 34.1. The molecule has 0 saturated carbocycles. The highest BCUT2D eigenvalue weighted by Gasteiger charge is 2.30. The van der Waals surface area contributed by atoms with Crippen molar-refractivity contribution in [3.63, 3.8) is 0 Å². The lowest BCUT2D eigenvalue weighted by atomic mass is 10.1. The number of carbonyl (C=O) groups excluding carboxylic acids is 2. The van der Waals surface area contributed by atoms with E-state index in [2.05, 4.69) is 4.74 Å². The summed E-state index contributed by atoms with van der Waals surface area (Å²) in [7, 11) is 0. The van der Waals surface area contributed by atoms with Gasteiger partial charge in [-0.05, 0) is 0 Å². The van der Waals surface area contributed by atoms with Crippen molar-refractivity contribution in [2.45, 2.75) is 19.4 Å². The van der Waals surface area contributed by atoms with Crippen LogP contribution >= 0.6 is 0 Å². The van der Waals surface area contributed by atoms with E-state index >= 15 is 0 Å². The summed E-state index contributed by atoms with van der Waals surface area (Å²) in [6.07, 6.45) is 0.733. The molecule has 0 unspecified atom stereocenters. The SMILES string of the molecule is C[C@H]1C[C@@H](C=O)OC1=O. The van der Waals surface area contributed by atoms with Crippen LogP contribution in [0.2, 0.25) is 0 Å². The second kappa shape index (κ2) is 2.17. The number of cyclic esters (lactones) is 1. The van der Waals surface area contributed by atoms with E-state index in [4.69, 9.17) is 0 Å².